The second kappa shape index (κ2) is 5.49. The molecule has 0 fully saturated rings. The summed E-state index contributed by atoms with van der Waals surface area (Å²) in [5, 5.41) is 3.13. The maximum Gasteiger partial charge on any atom is 0.191 e. The third-order valence-corrected chi connectivity index (χ3v) is 2.37. The summed E-state index contributed by atoms with van der Waals surface area (Å²) in [6.45, 7) is 5.97. The van der Waals surface area contributed by atoms with Gasteiger partial charge in [0.15, 0.2) is 11.7 Å². The first kappa shape index (κ1) is 12.4. The lowest BCUT2D eigenvalue weighted by atomic mass is 10.2. The van der Waals surface area contributed by atoms with Gasteiger partial charge in [-0.3, -0.25) is 0 Å². The van der Waals surface area contributed by atoms with Crippen molar-refractivity contribution in [1.29, 1.82) is 0 Å². The molecule has 4 heteroatoms. The third-order valence-electron chi connectivity index (χ3n) is 2.37. The van der Waals surface area contributed by atoms with Gasteiger partial charge in [0.1, 0.15) is 0 Å². The number of aliphatic imine (C=N–C) groups is 1. The van der Waals surface area contributed by atoms with Crippen LogP contribution in [0.25, 0.3) is 11.3 Å². The molecule has 1 N–H and O–H groups in total. The molecule has 1 heterocycles. The van der Waals surface area contributed by atoms with Crippen molar-refractivity contribution in [2.75, 3.05) is 0 Å². The van der Waals surface area contributed by atoms with Gasteiger partial charge >= 0.3 is 0 Å². The maximum atomic E-state index is 5.49. The maximum absolute atomic E-state index is 5.49. The molecule has 0 aliphatic heterocycles. The Labute approximate surface area is 107 Å². The van der Waals surface area contributed by atoms with Crippen LogP contribution in [0.3, 0.4) is 0 Å². The molecule has 0 aliphatic carbocycles. The van der Waals surface area contributed by atoms with Crippen LogP contribution in [0, 0.1) is 6.92 Å². The first-order chi connectivity index (χ1) is 8.65. The van der Waals surface area contributed by atoms with E-state index in [4.69, 9.17) is 4.42 Å². The molecule has 0 saturated carbocycles. The summed E-state index contributed by atoms with van der Waals surface area (Å²) in [5.74, 6) is 1.43. The number of oxazole rings is 1. The highest BCUT2D eigenvalue weighted by molar-refractivity contribution is 5.66. The Morgan fingerprint density at radius 2 is 2.22 bits per heavy atom. The standard InChI is InChI=1S/C14H17N3O/c1-10(2)16-9-17-13-6-4-5-12(7-13)14-8-15-11(3)18-14/h4-10H,1-3H3,(H,16,17). The Hall–Kier alpha value is -2.10. The highest BCUT2D eigenvalue weighted by atomic mass is 16.4. The minimum absolute atomic E-state index is 0.383. The Balaban J connectivity index is 2.17. The molecule has 4 nitrogen and oxygen atoms in total. The topological polar surface area (TPSA) is 50.4 Å². The van der Waals surface area contributed by atoms with E-state index in [0.29, 0.717) is 11.9 Å². The highest BCUT2D eigenvalue weighted by Crippen LogP contribution is 2.24. The summed E-state index contributed by atoms with van der Waals surface area (Å²) in [5.41, 5.74) is 1.87. The van der Waals surface area contributed by atoms with Crippen molar-refractivity contribution < 1.29 is 4.42 Å². The number of benzene rings is 1. The second-order valence-corrected chi connectivity index (χ2v) is 4.37. The van der Waals surface area contributed by atoms with Gasteiger partial charge in [-0.1, -0.05) is 12.1 Å². The number of nitrogens with zero attached hydrogens (tertiary/aromatic N) is 2. The lowest BCUT2D eigenvalue weighted by Gasteiger charge is -2.02. The number of nitrogens with one attached hydrogen (secondary N) is 1. The summed E-state index contributed by atoms with van der Waals surface area (Å²) >= 11 is 0. The fraction of sp³-hybridized carbons (Fsp3) is 0.286. The van der Waals surface area contributed by atoms with Crippen molar-refractivity contribution in [1.82, 2.24) is 10.3 Å². The smallest absolute Gasteiger partial charge is 0.191 e. The first-order valence-corrected chi connectivity index (χ1v) is 5.96. The van der Waals surface area contributed by atoms with Gasteiger partial charge in [-0.2, -0.15) is 0 Å². The van der Waals surface area contributed by atoms with Crippen molar-refractivity contribution in [3.8, 4) is 11.3 Å². The van der Waals surface area contributed by atoms with E-state index in [1.807, 2.05) is 31.2 Å². The molecule has 0 amide bonds. The van der Waals surface area contributed by atoms with Crippen LogP contribution in [-0.2, 0) is 0 Å². The largest absolute Gasteiger partial charge is 0.441 e. The van der Waals surface area contributed by atoms with Gasteiger partial charge in [-0.05, 0) is 26.0 Å². The summed E-state index contributed by atoms with van der Waals surface area (Å²) < 4.78 is 5.49. The van der Waals surface area contributed by atoms with Crippen LogP contribution in [0.4, 0.5) is 5.69 Å². The minimum Gasteiger partial charge on any atom is -0.441 e. The van der Waals surface area contributed by atoms with E-state index in [1.165, 1.54) is 0 Å². The molecular formula is C14H17N3O. The molecule has 18 heavy (non-hydrogen) atoms. The van der Waals surface area contributed by atoms with Crippen LogP contribution >= 0.6 is 0 Å². The molecule has 1 aromatic carbocycles. The molecule has 0 unspecified atom stereocenters. The van der Waals surface area contributed by atoms with E-state index in [2.05, 4.69) is 29.1 Å². The van der Waals surface area contributed by atoms with Gasteiger partial charge in [-0.25, -0.2) is 9.98 Å². The van der Waals surface area contributed by atoms with Crippen molar-refractivity contribution >= 4 is 12.0 Å². The molecule has 2 rings (SSSR count). The van der Waals surface area contributed by atoms with Crippen LogP contribution in [-0.4, -0.2) is 17.4 Å². The van der Waals surface area contributed by atoms with Crippen LogP contribution in [0.2, 0.25) is 0 Å². The van der Waals surface area contributed by atoms with Gasteiger partial charge in [-0.15, -0.1) is 0 Å². The zero-order chi connectivity index (χ0) is 13.0. The molecule has 0 atom stereocenters. The fourth-order valence-electron chi connectivity index (χ4n) is 1.50. The van der Waals surface area contributed by atoms with Gasteiger partial charge in [0.25, 0.3) is 0 Å². The lowest BCUT2D eigenvalue weighted by Crippen LogP contribution is -2.19. The third kappa shape index (κ3) is 3.20. The number of hydrogen-bond acceptors (Lipinski definition) is 3. The zero-order valence-electron chi connectivity index (χ0n) is 10.8. The van der Waals surface area contributed by atoms with Gasteiger partial charge in [0.2, 0.25) is 0 Å². The van der Waals surface area contributed by atoms with Crippen molar-refractivity contribution in [3.63, 3.8) is 0 Å². The average molecular weight is 243 g/mol. The molecule has 0 radical (unpaired) electrons. The number of aryl methyl sites for hydroxylation is 1. The number of hydrogen-bond donors (Lipinski definition) is 1. The molecule has 0 spiro atoms. The van der Waals surface area contributed by atoms with E-state index >= 15 is 0 Å². The molecule has 1 aromatic heterocycles. The lowest BCUT2D eigenvalue weighted by molar-refractivity contribution is 0.534. The van der Waals surface area contributed by atoms with E-state index in [-0.39, 0.29) is 0 Å². The predicted octanol–water partition coefficient (Wildman–Crippen LogP) is 3.31. The minimum atomic E-state index is 0.383. The van der Waals surface area contributed by atoms with Gasteiger partial charge < -0.3 is 9.73 Å². The Kier molecular flexibility index (Phi) is 3.77. The predicted molar refractivity (Wildman–Crippen MR) is 73.1 cm³/mol. The van der Waals surface area contributed by atoms with E-state index in [9.17, 15) is 0 Å². The molecule has 2 aromatic rings. The monoisotopic (exact) mass is 243 g/mol. The Bertz CT molecular complexity index is 543. The van der Waals surface area contributed by atoms with E-state index in [1.54, 1.807) is 12.5 Å². The Morgan fingerprint density at radius 3 is 2.89 bits per heavy atom. The quantitative estimate of drug-likeness (QED) is 0.662. The van der Waals surface area contributed by atoms with E-state index < -0.39 is 0 Å². The van der Waals surface area contributed by atoms with Crippen LogP contribution in [0.15, 0.2) is 39.9 Å². The first-order valence-electron chi connectivity index (χ1n) is 5.96. The number of aromatic nitrogens is 1. The number of rotatable bonds is 4. The van der Waals surface area contributed by atoms with Crippen LogP contribution in [0.5, 0.6) is 0 Å². The van der Waals surface area contributed by atoms with Crippen molar-refractivity contribution in [3.05, 3.63) is 36.4 Å². The van der Waals surface area contributed by atoms with Gasteiger partial charge in [0, 0.05) is 18.5 Å². The van der Waals surface area contributed by atoms with Crippen LogP contribution < -0.4 is 5.32 Å². The molecular weight excluding hydrogens is 226 g/mol. The molecule has 0 aliphatic rings. The Morgan fingerprint density at radius 1 is 1.39 bits per heavy atom. The summed E-state index contributed by atoms with van der Waals surface area (Å²) in [7, 11) is 0. The summed E-state index contributed by atoms with van der Waals surface area (Å²) in [4.78, 5) is 8.43. The molecule has 0 saturated heterocycles. The molecule has 94 valence electrons. The normalized spacial score (nSPS) is 11.3. The van der Waals surface area contributed by atoms with Gasteiger partial charge in [0.05, 0.1) is 18.2 Å². The second-order valence-electron chi connectivity index (χ2n) is 4.37. The van der Waals surface area contributed by atoms with Crippen molar-refractivity contribution in [2.45, 2.75) is 26.8 Å². The van der Waals surface area contributed by atoms with Crippen LogP contribution in [0.1, 0.15) is 19.7 Å². The summed E-state index contributed by atoms with van der Waals surface area (Å²) in [6, 6.07) is 8.24. The zero-order valence-corrected chi connectivity index (χ0v) is 10.8. The van der Waals surface area contributed by atoms with Crippen molar-refractivity contribution in [2.24, 2.45) is 4.99 Å². The summed E-state index contributed by atoms with van der Waals surface area (Å²) in [6.07, 6.45) is 3.44. The molecule has 0 bridgehead atoms. The highest BCUT2D eigenvalue weighted by Gasteiger charge is 2.03. The fourth-order valence-corrected chi connectivity index (χ4v) is 1.50. The average Bonchev–Trinajstić information content (AvgIpc) is 2.76. The SMILES string of the molecule is Cc1ncc(-c2cccc(N=CNC(C)C)c2)o1. The van der Waals surface area contributed by atoms with E-state index in [0.717, 1.165) is 17.0 Å².